The van der Waals surface area contributed by atoms with Gasteiger partial charge in [-0.3, -0.25) is 4.98 Å². The number of nitriles is 1. The number of hydrogen-bond acceptors (Lipinski definition) is 6. The number of aromatic nitrogens is 4. The van der Waals surface area contributed by atoms with Crippen LogP contribution in [0.15, 0.2) is 24.5 Å². The number of hydrogen-bond donors (Lipinski definition) is 0. The molecule has 0 unspecified atom stereocenters. The average molecular weight is 507 g/mol. The predicted molar refractivity (Wildman–Crippen MR) is 143 cm³/mol. The van der Waals surface area contributed by atoms with Crippen LogP contribution in [0.1, 0.15) is 58.6 Å². The van der Waals surface area contributed by atoms with E-state index in [1.165, 1.54) is 25.7 Å². The number of fused-ring (bicyclic) bond motifs is 1. The molecule has 2 fully saturated rings. The van der Waals surface area contributed by atoms with Crippen LogP contribution < -0.4 is 4.90 Å². The van der Waals surface area contributed by atoms with Gasteiger partial charge >= 0.3 is 0 Å². The molecule has 0 radical (unpaired) electrons. The normalized spacial score (nSPS) is 24.5. The van der Waals surface area contributed by atoms with E-state index >= 15 is 0 Å². The van der Waals surface area contributed by atoms with Gasteiger partial charge < -0.3 is 14.2 Å². The Labute approximate surface area is 218 Å². The molecule has 0 spiro atoms. The van der Waals surface area contributed by atoms with Crippen molar-refractivity contribution >= 4 is 28.6 Å². The number of rotatable bonds is 6. The summed E-state index contributed by atoms with van der Waals surface area (Å²) >= 11 is 6.32. The van der Waals surface area contributed by atoms with Gasteiger partial charge in [0.15, 0.2) is 0 Å². The van der Waals surface area contributed by atoms with Gasteiger partial charge in [-0.25, -0.2) is 9.97 Å². The largest absolute Gasteiger partial charge is 0.380 e. The lowest BCUT2D eigenvalue weighted by atomic mass is 9.83. The number of anilines is 1. The van der Waals surface area contributed by atoms with Crippen LogP contribution in [0.5, 0.6) is 0 Å². The van der Waals surface area contributed by atoms with E-state index in [1.54, 1.807) is 19.5 Å². The molecule has 2 atom stereocenters. The second-order valence-corrected chi connectivity index (χ2v) is 11.4. The van der Waals surface area contributed by atoms with Crippen LogP contribution >= 0.6 is 11.6 Å². The van der Waals surface area contributed by atoms with Gasteiger partial charge in [-0.15, -0.1) is 0 Å². The maximum Gasteiger partial charge on any atom is 0.206 e. The summed E-state index contributed by atoms with van der Waals surface area (Å²) in [5.74, 6) is 2.78. The average Bonchev–Trinajstić information content (AvgIpc) is 3.46. The number of pyridine rings is 2. The zero-order valence-corrected chi connectivity index (χ0v) is 22.4. The molecule has 8 heteroatoms. The number of nitrogens with zero attached hydrogens (tertiary/aromatic N) is 6. The Kier molecular flexibility index (Phi) is 7.18. The van der Waals surface area contributed by atoms with Crippen LogP contribution in [-0.4, -0.2) is 45.3 Å². The van der Waals surface area contributed by atoms with Crippen LogP contribution in [0.25, 0.3) is 22.3 Å². The second-order valence-electron chi connectivity index (χ2n) is 10.9. The molecule has 7 nitrogen and oxygen atoms in total. The van der Waals surface area contributed by atoms with Gasteiger partial charge in [-0.2, -0.15) is 5.26 Å². The molecule has 5 rings (SSSR count). The molecule has 1 saturated carbocycles. The molecule has 3 aromatic rings. The molecule has 1 aliphatic heterocycles. The van der Waals surface area contributed by atoms with Crippen molar-refractivity contribution in [3.63, 3.8) is 0 Å². The third-order valence-corrected chi connectivity index (χ3v) is 8.24. The van der Waals surface area contributed by atoms with Gasteiger partial charge in [0.05, 0.1) is 27.9 Å². The van der Waals surface area contributed by atoms with E-state index in [-0.39, 0.29) is 6.10 Å². The third-order valence-electron chi connectivity index (χ3n) is 8.04. The highest BCUT2D eigenvalue weighted by Crippen LogP contribution is 2.38. The van der Waals surface area contributed by atoms with Gasteiger partial charge in [0.2, 0.25) is 5.95 Å². The second kappa shape index (κ2) is 10.4. The van der Waals surface area contributed by atoms with Crippen molar-refractivity contribution < 1.29 is 4.74 Å². The Bertz CT molecular complexity index is 1270. The highest BCUT2D eigenvalue weighted by molar-refractivity contribution is 6.30. The fourth-order valence-electron chi connectivity index (χ4n) is 5.96. The van der Waals surface area contributed by atoms with Gasteiger partial charge in [0.1, 0.15) is 11.8 Å². The van der Waals surface area contributed by atoms with Crippen molar-refractivity contribution in [3.05, 3.63) is 35.2 Å². The van der Waals surface area contributed by atoms with Crippen molar-refractivity contribution in [2.24, 2.45) is 17.8 Å². The van der Waals surface area contributed by atoms with Crippen LogP contribution in [0.2, 0.25) is 5.02 Å². The van der Waals surface area contributed by atoms with E-state index < -0.39 is 0 Å². The summed E-state index contributed by atoms with van der Waals surface area (Å²) in [5, 5.41) is 10.3. The smallest absolute Gasteiger partial charge is 0.206 e. The molecule has 36 heavy (non-hydrogen) atoms. The predicted octanol–water partition coefficient (Wildman–Crippen LogP) is 6.09. The van der Waals surface area contributed by atoms with Gasteiger partial charge in [-0.05, 0) is 43.1 Å². The lowest BCUT2D eigenvalue weighted by Gasteiger charge is -2.31. The minimum atomic E-state index is 0.172. The SMILES string of the molecule is CO[C@@H]1C[C@@H](C(C)C)N(c2nc3cc(C#N)nc(-c4cncc(Cl)c4)c3n2CC2CCC(C)CC2)C1. The maximum atomic E-state index is 9.76. The van der Waals surface area contributed by atoms with Crippen LogP contribution in [0, 0.1) is 29.1 Å². The number of methoxy groups -OCH3 is 1. The fraction of sp³-hybridized carbons (Fsp3) is 0.571. The third kappa shape index (κ3) is 4.81. The summed E-state index contributed by atoms with van der Waals surface area (Å²) in [7, 11) is 1.80. The standard InChI is InChI=1S/C28H35ClN6O/c1-17(2)25-11-23(36-4)16-34(25)28-33-24-10-22(12-30)32-26(20-9-21(29)14-31-13-20)27(24)35(28)15-19-7-5-18(3)6-8-19/h9-10,13-14,17-19,23,25H,5-8,11,15-16H2,1-4H3/t18?,19?,23-,25+/m1/s1. The van der Waals surface area contributed by atoms with E-state index in [4.69, 9.17) is 26.3 Å². The molecule has 1 aliphatic carbocycles. The summed E-state index contributed by atoms with van der Waals surface area (Å²) in [5.41, 5.74) is 3.60. The van der Waals surface area contributed by atoms with Gasteiger partial charge in [0.25, 0.3) is 0 Å². The van der Waals surface area contributed by atoms with Crippen molar-refractivity contribution in [1.29, 1.82) is 5.26 Å². The van der Waals surface area contributed by atoms with Crippen molar-refractivity contribution in [2.75, 3.05) is 18.6 Å². The fourth-order valence-corrected chi connectivity index (χ4v) is 6.14. The molecular weight excluding hydrogens is 472 g/mol. The summed E-state index contributed by atoms with van der Waals surface area (Å²) in [6.45, 7) is 8.57. The Balaban J connectivity index is 1.71. The number of ether oxygens (including phenoxy) is 1. The first-order valence-corrected chi connectivity index (χ1v) is 13.5. The molecule has 4 heterocycles. The zero-order valence-electron chi connectivity index (χ0n) is 21.6. The van der Waals surface area contributed by atoms with Gasteiger partial charge in [-0.1, -0.05) is 45.2 Å². The van der Waals surface area contributed by atoms with E-state index in [9.17, 15) is 5.26 Å². The molecule has 1 saturated heterocycles. The Hall–Kier alpha value is -2.69. The number of imidazole rings is 1. The molecule has 3 aromatic heterocycles. The topological polar surface area (TPSA) is 79.9 Å². The van der Waals surface area contributed by atoms with Crippen molar-refractivity contribution in [1.82, 2.24) is 19.5 Å². The van der Waals surface area contributed by atoms with Crippen LogP contribution in [0.3, 0.4) is 0 Å². The molecule has 190 valence electrons. The van der Waals surface area contributed by atoms with E-state index in [0.29, 0.717) is 34.3 Å². The minimum Gasteiger partial charge on any atom is -0.380 e. The summed E-state index contributed by atoms with van der Waals surface area (Å²) in [6, 6.07) is 6.23. The van der Waals surface area contributed by atoms with E-state index in [0.717, 1.165) is 48.0 Å². The minimum absolute atomic E-state index is 0.172. The van der Waals surface area contributed by atoms with Crippen LogP contribution in [0.4, 0.5) is 5.95 Å². The van der Waals surface area contributed by atoms with E-state index in [1.807, 2.05) is 12.1 Å². The quantitative estimate of drug-likeness (QED) is 0.402. The molecule has 2 aliphatic rings. The zero-order chi connectivity index (χ0) is 25.4. The summed E-state index contributed by atoms with van der Waals surface area (Å²) in [6.07, 6.45) is 9.48. The first-order valence-electron chi connectivity index (χ1n) is 13.1. The monoisotopic (exact) mass is 506 g/mol. The maximum absolute atomic E-state index is 9.76. The highest BCUT2D eigenvalue weighted by Gasteiger charge is 2.37. The van der Waals surface area contributed by atoms with Crippen LogP contribution in [-0.2, 0) is 11.3 Å². The summed E-state index contributed by atoms with van der Waals surface area (Å²) in [4.78, 5) is 16.7. The van der Waals surface area contributed by atoms with Crippen molar-refractivity contribution in [3.8, 4) is 17.3 Å². The Morgan fingerprint density at radius 1 is 1.17 bits per heavy atom. The highest BCUT2D eigenvalue weighted by atomic mass is 35.5. The molecule has 0 N–H and O–H groups in total. The molecular formula is C28H35ClN6O. The van der Waals surface area contributed by atoms with Crippen molar-refractivity contribution in [2.45, 2.75) is 71.6 Å². The van der Waals surface area contributed by atoms with Gasteiger partial charge in [0, 0.05) is 50.3 Å². The molecule has 0 aromatic carbocycles. The lowest BCUT2D eigenvalue weighted by molar-refractivity contribution is 0.116. The first-order chi connectivity index (χ1) is 17.4. The molecule has 0 amide bonds. The Morgan fingerprint density at radius 2 is 1.94 bits per heavy atom. The molecule has 0 bridgehead atoms. The number of halogens is 1. The summed E-state index contributed by atoms with van der Waals surface area (Å²) < 4.78 is 8.17. The van der Waals surface area contributed by atoms with E-state index in [2.05, 4.69) is 41.3 Å². The first kappa shape index (κ1) is 25.0. The Morgan fingerprint density at radius 3 is 2.61 bits per heavy atom. The lowest BCUT2D eigenvalue weighted by Crippen LogP contribution is -2.36.